The van der Waals surface area contributed by atoms with E-state index in [4.69, 9.17) is 25.8 Å². The van der Waals surface area contributed by atoms with Crippen molar-refractivity contribution in [3.05, 3.63) is 59.1 Å². The molecule has 6 nitrogen and oxygen atoms in total. The molecule has 0 aromatic heterocycles. The number of hydrogen-bond donors (Lipinski definition) is 0. The van der Waals surface area contributed by atoms with Crippen molar-refractivity contribution >= 4 is 17.5 Å². The molecule has 2 aliphatic heterocycles. The maximum Gasteiger partial charge on any atom is 0.254 e. The van der Waals surface area contributed by atoms with Crippen LogP contribution in [0.15, 0.2) is 48.5 Å². The van der Waals surface area contributed by atoms with Gasteiger partial charge in [-0.05, 0) is 43.2 Å². The zero-order valence-electron chi connectivity index (χ0n) is 17.7. The number of nitrogens with zero attached hydrogens (tertiary/aromatic N) is 2. The van der Waals surface area contributed by atoms with Crippen molar-refractivity contribution in [2.75, 3.05) is 52.5 Å². The Morgan fingerprint density at radius 1 is 1.06 bits per heavy atom. The van der Waals surface area contributed by atoms with Gasteiger partial charge in [-0.25, -0.2) is 0 Å². The molecule has 0 aliphatic carbocycles. The molecular weight excluding hydrogens is 416 g/mol. The lowest BCUT2D eigenvalue weighted by molar-refractivity contribution is 0.0617. The van der Waals surface area contributed by atoms with Crippen molar-refractivity contribution in [3.63, 3.8) is 0 Å². The number of piperazine rings is 1. The predicted molar refractivity (Wildman–Crippen MR) is 120 cm³/mol. The fourth-order valence-electron chi connectivity index (χ4n) is 3.89. The molecule has 31 heavy (non-hydrogen) atoms. The number of hydrogen-bond acceptors (Lipinski definition) is 5. The van der Waals surface area contributed by atoms with Crippen LogP contribution in [0, 0.1) is 0 Å². The molecule has 2 saturated heterocycles. The lowest BCUT2D eigenvalue weighted by atomic mass is 10.1. The first-order valence-corrected chi connectivity index (χ1v) is 11.3. The summed E-state index contributed by atoms with van der Waals surface area (Å²) >= 11 is 6.12. The number of carbonyl (C=O) groups excluding carboxylic acids is 1. The van der Waals surface area contributed by atoms with Crippen molar-refractivity contribution in [2.45, 2.75) is 18.9 Å². The van der Waals surface area contributed by atoms with Gasteiger partial charge in [-0.15, -0.1) is 0 Å². The van der Waals surface area contributed by atoms with Crippen LogP contribution in [-0.4, -0.2) is 74.4 Å². The maximum absolute atomic E-state index is 12.9. The number of para-hydroxylation sites is 1. The smallest absolute Gasteiger partial charge is 0.254 e. The van der Waals surface area contributed by atoms with E-state index < -0.39 is 0 Å². The second-order valence-corrected chi connectivity index (χ2v) is 8.29. The van der Waals surface area contributed by atoms with E-state index in [0.717, 1.165) is 44.8 Å². The molecule has 166 valence electrons. The monoisotopic (exact) mass is 444 g/mol. The summed E-state index contributed by atoms with van der Waals surface area (Å²) in [5.74, 6) is 1.48. The Bertz CT molecular complexity index is 864. The van der Waals surface area contributed by atoms with Crippen LogP contribution in [0.5, 0.6) is 11.5 Å². The van der Waals surface area contributed by atoms with Gasteiger partial charge in [0.25, 0.3) is 5.91 Å². The maximum atomic E-state index is 12.9. The lowest BCUT2D eigenvalue weighted by Crippen LogP contribution is -2.49. The van der Waals surface area contributed by atoms with Gasteiger partial charge in [0.05, 0.1) is 11.1 Å². The highest BCUT2D eigenvalue weighted by atomic mass is 35.5. The quantitative estimate of drug-likeness (QED) is 0.621. The Kier molecular flexibility index (Phi) is 7.67. The molecule has 1 unspecified atom stereocenters. The topological polar surface area (TPSA) is 51.2 Å². The van der Waals surface area contributed by atoms with Crippen molar-refractivity contribution < 1.29 is 19.0 Å². The summed E-state index contributed by atoms with van der Waals surface area (Å²) in [6.07, 6.45) is 2.28. The molecule has 2 fully saturated rings. The molecule has 0 spiro atoms. The largest absolute Gasteiger partial charge is 0.491 e. The molecule has 1 atom stereocenters. The van der Waals surface area contributed by atoms with Crippen LogP contribution < -0.4 is 9.47 Å². The Labute approximate surface area is 188 Å². The van der Waals surface area contributed by atoms with Gasteiger partial charge in [0.1, 0.15) is 24.7 Å². The van der Waals surface area contributed by atoms with Crippen LogP contribution in [0.1, 0.15) is 23.2 Å². The zero-order valence-corrected chi connectivity index (χ0v) is 18.4. The first-order chi connectivity index (χ1) is 15.2. The molecular formula is C24H29ClN2O4. The second kappa shape index (κ2) is 10.8. The van der Waals surface area contributed by atoms with Crippen molar-refractivity contribution in [1.82, 2.24) is 9.80 Å². The minimum absolute atomic E-state index is 0.0505. The highest BCUT2D eigenvalue weighted by molar-refractivity contribution is 6.32. The summed E-state index contributed by atoms with van der Waals surface area (Å²) in [5.41, 5.74) is 0.667. The fourth-order valence-corrected chi connectivity index (χ4v) is 4.08. The third-order valence-electron chi connectivity index (χ3n) is 5.70. The summed E-state index contributed by atoms with van der Waals surface area (Å²) < 4.78 is 17.2. The van der Waals surface area contributed by atoms with Gasteiger partial charge in [0.2, 0.25) is 0 Å². The molecule has 0 N–H and O–H groups in total. The molecule has 7 heteroatoms. The Balaban J connectivity index is 1.21. The highest BCUT2D eigenvalue weighted by Gasteiger charge is 2.23. The molecule has 2 heterocycles. The minimum Gasteiger partial charge on any atom is -0.491 e. The number of benzene rings is 2. The van der Waals surface area contributed by atoms with E-state index in [-0.39, 0.29) is 12.0 Å². The standard InChI is InChI=1S/C24H29ClN2O4/c25-22-8-1-2-9-23(22)30-16-14-26-10-12-27(13-11-26)24(28)19-5-3-6-20(17-19)31-18-21-7-4-15-29-21/h1-3,5-6,8-9,17,21H,4,7,10-16,18H2. The summed E-state index contributed by atoms with van der Waals surface area (Å²) in [6, 6.07) is 14.9. The van der Waals surface area contributed by atoms with Gasteiger partial charge in [-0.3, -0.25) is 9.69 Å². The first-order valence-electron chi connectivity index (χ1n) is 10.9. The molecule has 2 aromatic carbocycles. The minimum atomic E-state index is 0.0505. The number of rotatable bonds is 8. The second-order valence-electron chi connectivity index (χ2n) is 7.89. The molecule has 0 radical (unpaired) electrons. The number of halogens is 1. The summed E-state index contributed by atoms with van der Waals surface area (Å²) in [7, 11) is 0. The van der Waals surface area contributed by atoms with Gasteiger partial charge in [-0.1, -0.05) is 29.8 Å². The summed E-state index contributed by atoms with van der Waals surface area (Å²) in [5, 5.41) is 0.625. The van der Waals surface area contributed by atoms with E-state index in [2.05, 4.69) is 4.90 Å². The lowest BCUT2D eigenvalue weighted by Gasteiger charge is -2.34. The number of amides is 1. The van der Waals surface area contributed by atoms with Crippen LogP contribution in [0.4, 0.5) is 0 Å². The van der Waals surface area contributed by atoms with Crippen molar-refractivity contribution in [3.8, 4) is 11.5 Å². The van der Waals surface area contributed by atoms with Crippen molar-refractivity contribution in [1.29, 1.82) is 0 Å². The van der Waals surface area contributed by atoms with Crippen LogP contribution in [0.3, 0.4) is 0 Å². The van der Waals surface area contributed by atoms with Crippen LogP contribution in [0.25, 0.3) is 0 Å². The normalized spacial score (nSPS) is 19.4. The molecule has 2 aliphatic rings. The highest BCUT2D eigenvalue weighted by Crippen LogP contribution is 2.23. The van der Waals surface area contributed by atoms with E-state index >= 15 is 0 Å². The molecule has 1 amide bonds. The zero-order chi connectivity index (χ0) is 21.5. The van der Waals surface area contributed by atoms with Crippen molar-refractivity contribution in [2.24, 2.45) is 0 Å². The molecule has 0 bridgehead atoms. The third kappa shape index (κ3) is 6.12. The number of ether oxygens (including phenoxy) is 3. The molecule has 0 saturated carbocycles. The van der Waals surface area contributed by atoms with E-state index in [1.54, 1.807) is 0 Å². The van der Waals surface area contributed by atoms with Gasteiger partial charge in [-0.2, -0.15) is 0 Å². The third-order valence-corrected chi connectivity index (χ3v) is 6.01. The van der Waals surface area contributed by atoms with E-state index in [0.29, 0.717) is 42.6 Å². The summed E-state index contributed by atoms with van der Waals surface area (Å²) in [6.45, 7) is 5.77. The molecule has 4 rings (SSSR count). The van der Waals surface area contributed by atoms with Gasteiger partial charge in [0.15, 0.2) is 0 Å². The summed E-state index contributed by atoms with van der Waals surface area (Å²) in [4.78, 5) is 17.2. The van der Waals surface area contributed by atoms with E-state index in [1.807, 2.05) is 53.4 Å². The SMILES string of the molecule is O=C(c1cccc(OCC2CCCO2)c1)N1CCN(CCOc2ccccc2Cl)CC1. The fraction of sp³-hybridized carbons (Fsp3) is 0.458. The Morgan fingerprint density at radius 3 is 2.68 bits per heavy atom. The predicted octanol–water partition coefficient (Wildman–Crippen LogP) is 3.73. The Morgan fingerprint density at radius 2 is 1.90 bits per heavy atom. The van der Waals surface area contributed by atoms with Crippen LogP contribution >= 0.6 is 11.6 Å². The average molecular weight is 445 g/mol. The van der Waals surface area contributed by atoms with Gasteiger partial charge in [0, 0.05) is 44.9 Å². The first kappa shape index (κ1) is 21.9. The van der Waals surface area contributed by atoms with Gasteiger partial charge >= 0.3 is 0 Å². The van der Waals surface area contributed by atoms with Crippen LogP contribution in [-0.2, 0) is 4.74 Å². The van der Waals surface area contributed by atoms with Crippen LogP contribution in [0.2, 0.25) is 5.02 Å². The van der Waals surface area contributed by atoms with Gasteiger partial charge < -0.3 is 19.1 Å². The molecule has 2 aromatic rings. The van der Waals surface area contributed by atoms with E-state index in [1.165, 1.54) is 0 Å². The Hall–Kier alpha value is -2.28. The number of carbonyl (C=O) groups is 1. The average Bonchev–Trinajstić information content (AvgIpc) is 3.33. The van der Waals surface area contributed by atoms with E-state index in [9.17, 15) is 4.79 Å².